The molecule has 0 fully saturated rings. The van der Waals surface area contributed by atoms with E-state index in [0.717, 1.165) is 53.6 Å². The Hall–Kier alpha value is -2.72. The number of ether oxygens (including phenoxy) is 1. The van der Waals surface area contributed by atoms with E-state index in [1.54, 1.807) is 6.92 Å². The highest BCUT2D eigenvalue weighted by Gasteiger charge is 2.27. The summed E-state index contributed by atoms with van der Waals surface area (Å²) in [4.78, 5) is 26.4. The number of nitrogens with one attached hydrogen (secondary N) is 1. The molecule has 1 aliphatic rings. The van der Waals surface area contributed by atoms with Crippen molar-refractivity contribution in [2.24, 2.45) is 0 Å². The van der Waals surface area contributed by atoms with Crippen molar-refractivity contribution in [1.82, 2.24) is 20.2 Å². The summed E-state index contributed by atoms with van der Waals surface area (Å²) in [6.07, 6.45) is 3.87. The van der Waals surface area contributed by atoms with Crippen LogP contribution in [0.4, 0.5) is 9.80 Å². The van der Waals surface area contributed by atoms with Gasteiger partial charge in [0.1, 0.15) is 5.00 Å². The number of hydrogen-bond acceptors (Lipinski definition) is 8. The number of fused-ring (bicyclic) bond motifs is 1. The van der Waals surface area contributed by atoms with Crippen LogP contribution < -0.4 is 5.32 Å². The molecule has 8 nitrogen and oxygen atoms in total. The molecule has 0 bridgehead atoms. The topological polar surface area (TPSA) is 99.0 Å². The SMILES string of the molecule is CCOC(=O)c1c(NC(=O)Sc2nnnn2-c2ccccc2)sc2c1CCCC2. The summed E-state index contributed by atoms with van der Waals surface area (Å²) < 4.78 is 6.73. The van der Waals surface area contributed by atoms with Gasteiger partial charge in [-0.1, -0.05) is 18.2 Å². The summed E-state index contributed by atoms with van der Waals surface area (Å²) in [5, 5.41) is 14.9. The van der Waals surface area contributed by atoms with Gasteiger partial charge in [0.05, 0.1) is 17.9 Å². The number of rotatable bonds is 5. The minimum absolute atomic E-state index is 0.289. The molecular weight excluding hydrogens is 410 g/mol. The molecule has 4 rings (SSSR count). The number of thioether (sulfide) groups is 1. The zero-order valence-electron chi connectivity index (χ0n) is 15.8. The van der Waals surface area contributed by atoms with Crippen LogP contribution in [0.2, 0.25) is 0 Å². The molecular formula is C19H19N5O3S2. The fraction of sp³-hybridized carbons (Fsp3) is 0.316. The highest BCUT2D eigenvalue weighted by molar-refractivity contribution is 8.13. The quantitative estimate of drug-likeness (QED) is 0.481. The second kappa shape index (κ2) is 8.75. The van der Waals surface area contributed by atoms with Gasteiger partial charge >= 0.3 is 5.97 Å². The molecule has 1 amide bonds. The van der Waals surface area contributed by atoms with Crippen LogP contribution >= 0.6 is 23.1 Å². The molecule has 29 heavy (non-hydrogen) atoms. The van der Waals surface area contributed by atoms with E-state index in [0.29, 0.717) is 15.7 Å². The van der Waals surface area contributed by atoms with Crippen molar-refractivity contribution >= 4 is 39.3 Å². The summed E-state index contributed by atoms with van der Waals surface area (Å²) in [5.74, 6) is -0.388. The summed E-state index contributed by atoms with van der Waals surface area (Å²) >= 11 is 2.33. The van der Waals surface area contributed by atoms with Crippen LogP contribution in [0.3, 0.4) is 0 Å². The fourth-order valence-corrected chi connectivity index (χ4v) is 5.21. The normalized spacial score (nSPS) is 13.0. The monoisotopic (exact) mass is 429 g/mol. The first-order valence-corrected chi connectivity index (χ1v) is 10.9. The molecule has 0 atom stereocenters. The molecule has 1 aromatic carbocycles. The number of aromatic nitrogens is 4. The van der Waals surface area contributed by atoms with Crippen molar-refractivity contribution in [2.75, 3.05) is 11.9 Å². The van der Waals surface area contributed by atoms with Crippen LogP contribution in [0.25, 0.3) is 5.69 Å². The number of aryl methyl sites for hydroxylation is 1. The lowest BCUT2D eigenvalue weighted by Gasteiger charge is -2.12. The summed E-state index contributed by atoms with van der Waals surface area (Å²) in [5.41, 5.74) is 2.25. The number of nitrogens with zero attached hydrogens (tertiary/aromatic N) is 4. The molecule has 0 spiro atoms. The molecule has 10 heteroatoms. The Bertz CT molecular complexity index is 1030. The lowest BCUT2D eigenvalue weighted by Crippen LogP contribution is -2.13. The Kier molecular flexibility index (Phi) is 5.91. The zero-order valence-corrected chi connectivity index (χ0v) is 17.4. The van der Waals surface area contributed by atoms with Gasteiger partial charge in [-0.3, -0.25) is 4.79 Å². The minimum atomic E-state index is -0.388. The van der Waals surface area contributed by atoms with Crippen LogP contribution in [-0.2, 0) is 17.6 Å². The van der Waals surface area contributed by atoms with Gasteiger partial charge in [-0.05, 0) is 60.7 Å². The van der Waals surface area contributed by atoms with Crippen LogP contribution in [0.15, 0.2) is 35.5 Å². The van der Waals surface area contributed by atoms with Crippen molar-refractivity contribution < 1.29 is 14.3 Å². The van der Waals surface area contributed by atoms with Crippen LogP contribution in [0.1, 0.15) is 40.6 Å². The molecule has 1 N–H and O–H groups in total. The van der Waals surface area contributed by atoms with Crippen molar-refractivity contribution in [1.29, 1.82) is 0 Å². The lowest BCUT2D eigenvalue weighted by atomic mass is 9.95. The van der Waals surface area contributed by atoms with E-state index in [1.807, 2.05) is 30.3 Å². The summed E-state index contributed by atoms with van der Waals surface area (Å²) in [6.45, 7) is 2.06. The predicted molar refractivity (Wildman–Crippen MR) is 111 cm³/mol. The van der Waals surface area contributed by atoms with Crippen molar-refractivity contribution in [2.45, 2.75) is 37.8 Å². The average molecular weight is 430 g/mol. The van der Waals surface area contributed by atoms with E-state index < -0.39 is 0 Å². The highest BCUT2D eigenvalue weighted by atomic mass is 32.2. The van der Waals surface area contributed by atoms with E-state index >= 15 is 0 Å². The number of hydrogen-bond donors (Lipinski definition) is 1. The molecule has 2 heterocycles. The van der Waals surface area contributed by atoms with E-state index in [1.165, 1.54) is 16.0 Å². The summed E-state index contributed by atoms with van der Waals surface area (Å²) in [7, 11) is 0. The molecule has 0 saturated carbocycles. The van der Waals surface area contributed by atoms with E-state index in [-0.39, 0.29) is 17.8 Å². The van der Waals surface area contributed by atoms with Gasteiger partial charge in [0, 0.05) is 16.6 Å². The molecule has 0 unspecified atom stereocenters. The maximum absolute atomic E-state index is 12.7. The Balaban J connectivity index is 1.56. The molecule has 0 saturated heterocycles. The van der Waals surface area contributed by atoms with E-state index in [2.05, 4.69) is 20.8 Å². The van der Waals surface area contributed by atoms with Gasteiger partial charge in [0.15, 0.2) is 0 Å². The molecule has 2 aromatic heterocycles. The Morgan fingerprint density at radius 2 is 2.03 bits per heavy atom. The van der Waals surface area contributed by atoms with Crippen molar-refractivity contribution in [3.63, 3.8) is 0 Å². The Labute approximate surface area is 175 Å². The van der Waals surface area contributed by atoms with E-state index in [4.69, 9.17) is 4.74 Å². The number of esters is 1. The number of para-hydroxylation sites is 1. The number of thiophene rings is 1. The number of benzene rings is 1. The Morgan fingerprint density at radius 3 is 2.83 bits per heavy atom. The smallest absolute Gasteiger partial charge is 0.341 e. The third-order valence-electron chi connectivity index (χ3n) is 4.49. The van der Waals surface area contributed by atoms with Crippen LogP contribution in [0.5, 0.6) is 0 Å². The molecule has 150 valence electrons. The van der Waals surface area contributed by atoms with Crippen LogP contribution in [0, 0.1) is 0 Å². The lowest BCUT2D eigenvalue weighted by molar-refractivity contribution is 0.0526. The first kappa shape index (κ1) is 19.6. The van der Waals surface area contributed by atoms with Gasteiger partial charge in [0.2, 0.25) is 5.16 Å². The van der Waals surface area contributed by atoms with E-state index in [9.17, 15) is 9.59 Å². The van der Waals surface area contributed by atoms with Gasteiger partial charge < -0.3 is 10.1 Å². The third-order valence-corrected chi connectivity index (χ3v) is 6.42. The maximum Gasteiger partial charge on any atom is 0.341 e. The van der Waals surface area contributed by atoms with Gasteiger partial charge in [-0.25, -0.2) is 4.79 Å². The largest absolute Gasteiger partial charge is 0.462 e. The molecule has 0 aliphatic heterocycles. The highest BCUT2D eigenvalue weighted by Crippen LogP contribution is 2.39. The number of amides is 1. The van der Waals surface area contributed by atoms with Gasteiger partial charge in [-0.2, -0.15) is 4.68 Å². The number of anilines is 1. The second-order valence-electron chi connectivity index (χ2n) is 6.36. The number of tetrazole rings is 1. The maximum atomic E-state index is 12.7. The van der Waals surface area contributed by atoms with Gasteiger partial charge in [0.25, 0.3) is 5.24 Å². The first-order chi connectivity index (χ1) is 14.2. The van der Waals surface area contributed by atoms with Crippen LogP contribution in [-0.4, -0.2) is 38.0 Å². The number of carbonyl (C=O) groups excluding carboxylic acids is 2. The molecule has 3 aromatic rings. The fourth-order valence-electron chi connectivity index (χ4n) is 3.25. The zero-order chi connectivity index (χ0) is 20.2. The molecule has 1 aliphatic carbocycles. The average Bonchev–Trinajstić information content (AvgIpc) is 3.32. The third kappa shape index (κ3) is 4.18. The summed E-state index contributed by atoms with van der Waals surface area (Å²) in [6, 6.07) is 9.33. The van der Waals surface area contributed by atoms with Crippen molar-refractivity contribution in [3.8, 4) is 5.69 Å². The minimum Gasteiger partial charge on any atom is -0.462 e. The van der Waals surface area contributed by atoms with Crippen molar-refractivity contribution in [3.05, 3.63) is 46.3 Å². The molecule has 0 radical (unpaired) electrons. The second-order valence-corrected chi connectivity index (χ2v) is 8.40. The first-order valence-electron chi connectivity index (χ1n) is 9.31. The predicted octanol–water partition coefficient (Wildman–Crippen LogP) is 4.10. The number of carbonyl (C=O) groups is 2. The standard InChI is InChI=1S/C19H19N5O3S2/c1-2-27-17(25)15-13-10-6-7-11-14(13)28-16(15)20-19(26)29-18-21-22-23-24(18)12-8-4-3-5-9-12/h3-5,8-9H,2,6-7,10-11H2,1H3,(H,20,26). The Morgan fingerprint density at radius 1 is 1.24 bits per heavy atom. The van der Waals surface area contributed by atoms with Gasteiger partial charge in [-0.15, -0.1) is 16.4 Å².